The van der Waals surface area contributed by atoms with E-state index in [9.17, 15) is 0 Å². The zero-order valence-electron chi connectivity index (χ0n) is 13.0. The van der Waals surface area contributed by atoms with E-state index in [0.29, 0.717) is 6.04 Å². The lowest BCUT2D eigenvalue weighted by Gasteiger charge is -2.36. The second kappa shape index (κ2) is 7.99. The summed E-state index contributed by atoms with van der Waals surface area (Å²) in [5.74, 6) is 2.72. The lowest BCUT2D eigenvalue weighted by Crippen LogP contribution is -2.38. The number of rotatable bonds is 7. The maximum atomic E-state index is 4.19. The van der Waals surface area contributed by atoms with Crippen LogP contribution in [0.5, 0.6) is 0 Å². The van der Waals surface area contributed by atoms with E-state index in [-0.39, 0.29) is 0 Å². The Bertz CT molecular complexity index is 236. The maximum Gasteiger partial charge on any atom is 0.0132 e. The third kappa shape index (κ3) is 4.76. The molecule has 0 radical (unpaired) electrons. The van der Waals surface area contributed by atoms with Crippen LogP contribution in [0.4, 0.5) is 0 Å². The smallest absolute Gasteiger partial charge is 0.0132 e. The molecule has 1 aliphatic rings. The molecule has 1 nitrogen and oxygen atoms in total. The van der Waals surface area contributed by atoms with Crippen molar-refractivity contribution in [2.75, 3.05) is 6.54 Å². The summed E-state index contributed by atoms with van der Waals surface area (Å²) in [5, 5.41) is 3.70. The van der Waals surface area contributed by atoms with Gasteiger partial charge < -0.3 is 5.32 Å². The van der Waals surface area contributed by atoms with E-state index in [2.05, 4.69) is 39.6 Å². The van der Waals surface area contributed by atoms with Crippen molar-refractivity contribution in [1.82, 2.24) is 5.32 Å². The van der Waals surface area contributed by atoms with Crippen LogP contribution in [0.15, 0.2) is 12.2 Å². The Balaban J connectivity index is 2.47. The molecule has 1 unspecified atom stereocenters. The normalized spacial score (nSPS) is 26.3. The van der Waals surface area contributed by atoms with Gasteiger partial charge >= 0.3 is 0 Å². The first kappa shape index (κ1) is 15.8. The summed E-state index contributed by atoms with van der Waals surface area (Å²) in [7, 11) is 0. The van der Waals surface area contributed by atoms with Crippen molar-refractivity contribution in [1.29, 1.82) is 0 Å². The summed E-state index contributed by atoms with van der Waals surface area (Å²) in [6, 6.07) is 0.676. The molecule has 0 amide bonds. The van der Waals surface area contributed by atoms with Gasteiger partial charge in [-0.15, -0.1) is 0 Å². The van der Waals surface area contributed by atoms with E-state index in [4.69, 9.17) is 0 Å². The molecule has 1 heteroatoms. The minimum Gasteiger partial charge on any atom is -0.314 e. The summed E-state index contributed by atoms with van der Waals surface area (Å²) in [4.78, 5) is 0. The Labute approximate surface area is 114 Å². The fourth-order valence-electron chi connectivity index (χ4n) is 3.34. The van der Waals surface area contributed by atoms with Gasteiger partial charge in [-0.05, 0) is 62.8 Å². The topological polar surface area (TPSA) is 12.0 Å². The molecule has 0 saturated heterocycles. The standard InChI is InChI=1S/C17H33N/c1-6-14(5)12-17(18-7-2)16-10-8-15(9-11-16)13(3)4/h13,15-18H,5-12H2,1-4H3. The highest BCUT2D eigenvalue weighted by Crippen LogP contribution is 2.36. The van der Waals surface area contributed by atoms with Crippen LogP contribution >= 0.6 is 0 Å². The molecule has 0 aromatic rings. The van der Waals surface area contributed by atoms with E-state index in [1.165, 1.54) is 37.7 Å². The summed E-state index contributed by atoms with van der Waals surface area (Å²) < 4.78 is 0. The molecule has 1 atom stereocenters. The van der Waals surface area contributed by atoms with Gasteiger partial charge in [-0.1, -0.05) is 39.8 Å². The first-order valence-electron chi connectivity index (χ1n) is 7.98. The van der Waals surface area contributed by atoms with Gasteiger partial charge in [0.15, 0.2) is 0 Å². The molecule has 0 aromatic carbocycles. The number of nitrogens with one attached hydrogen (secondary N) is 1. The van der Waals surface area contributed by atoms with Crippen molar-refractivity contribution in [3.8, 4) is 0 Å². The monoisotopic (exact) mass is 251 g/mol. The third-order valence-corrected chi connectivity index (χ3v) is 4.80. The van der Waals surface area contributed by atoms with Crippen LogP contribution < -0.4 is 5.32 Å². The first-order valence-corrected chi connectivity index (χ1v) is 7.98. The number of hydrogen-bond donors (Lipinski definition) is 1. The van der Waals surface area contributed by atoms with Crippen molar-refractivity contribution < 1.29 is 0 Å². The van der Waals surface area contributed by atoms with Gasteiger partial charge in [0.05, 0.1) is 0 Å². The maximum absolute atomic E-state index is 4.19. The van der Waals surface area contributed by atoms with Gasteiger partial charge in [0.1, 0.15) is 0 Å². The Morgan fingerprint density at radius 2 is 1.67 bits per heavy atom. The summed E-state index contributed by atoms with van der Waals surface area (Å²) in [6.45, 7) is 14.5. The largest absolute Gasteiger partial charge is 0.314 e. The van der Waals surface area contributed by atoms with Crippen LogP contribution in [0.2, 0.25) is 0 Å². The van der Waals surface area contributed by atoms with E-state index < -0.39 is 0 Å². The molecule has 1 saturated carbocycles. The van der Waals surface area contributed by atoms with Gasteiger partial charge in [0, 0.05) is 6.04 Å². The Kier molecular flexibility index (Phi) is 6.99. The van der Waals surface area contributed by atoms with Crippen LogP contribution in [0, 0.1) is 17.8 Å². The van der Waals surface area contributed by atoms with Gasteiger partial charge in [-0.2, -0.15) is 0 Å². The lowest BCUT2D eigenvalue weighted by molar-refractivity contribution is 0.188. The van der Waals surface area contributed by atoms with Gasteiger partial charge in [0.2, 0.25) is 0 Å². The van der Waals surface area contributed by atoms with E-state index in [0.717, 1.165) is 30.7 Å². The molecule has 0 heterocycles. The second-order valence-corrected chi connectivity index (χ2v) is 6.39. The lowest BCUT2D eigenvalue weighted by atomic mass is 9.73. The van der Waals surface area contributed by atoms with Gasteiger partial charge in [-0.3, -0.25) is 0 Å². The van der Waals surface area contributed by atoms with Crippen LogP contribution in [-0.2, 0) is 0 Å². The predicted molar refractivity (Wildman–Crippen MR) is 81.8 cm³/mol. The Morgan fingerprint density at radius 3 is 2.11 bits per heavy atom. The number of hydrogen-bond acceptors (Lipinski definition) is 1. The SMILES string of the molecule is C=C(CC)CC(NCC)C1CCC(C(C)C)CC1. The summed E-state index contributed by atoms with van der Waals surface area (Å²) >= 11 is 0. The second-order valence-electron chi connectivity index (χ2n) is 6.39. The molecule has 1 rings (SSSR count). The quantitative estimate of drug-likeness (QED) is 0.642. The van der Waals surface area contributed by atoms with Gasteiger partial charge in [0.25, 0.3) is 0 Å². The highest BCUT2D eigenvalue weighted by molar-refractivity contribution is 4.98. The molecular weight excluding hydrogens is 218 g/mol. The highest BCUT2D eigenvalue weighted by atomic mass is 14.9. The van der Waals surface area contributed by atoms with Crippen molar-refractivity contribution in [2.45, 2.75) is 72.3 Å². The molecule has 1 N–H and O–H groups in total. The van der Waals surface area contributed by atoms with Gasteiger partial charge in [-0.25, -0.2) is 0 Å². The Morgan fingerprint density at radius 1 is 1.11 bits per heavy atom. The fourth-order valence-corrected chi connectivity index (χ4v) is 3.34. The molecule has 0 bridgehead atoms. The Hall–Kier alpha value is -0.300. The van der Waals surface area contributed by atoms with Crippen molar-refractivity contribution >= 4 is 0 Å². The zero-order valence-corrected chi connectivity index (χ0v) is 13.0. The molecule has 18 heavy (non-hydrogen) atoms. The molecule has 106 valence electrons. The molecule has 0 aromatic heterocycles. The van der Waals surface area contributed by atoms with Crippen LogP contribution in [-0.4, -0.2) is 12.6 Å². The highest BCUT2D eigenvalue weighted by Gasteiger charge is 2.28. The molecule has 1 fully saturated rings. The predicted octanol–water partition coefficient (Wildman–Crippen LogP) is 4.78. The van der Waals surface area contributed by atoms with Crippen molar-refractivity contribution in [3.05, 3.63) is 12.2 Å². The fraction of sp³-hybridized carbons (Fsp3) is 0.882. The average Bonchev–Trinajstić information content (AvgIpc) is 2.38. The van der Waals surface area contributed by atoms with E-state index >= 15 is 0 Å². The third-order valence-electron chi connectivity index (χ3n) is 4.80. The minimum absolute atomic E-state index is 0.676. The van der Waals surface area contributed by atoms with Crippen molar-refractivity contribution in [2.24, 2.45) is 17.8 Å². The van der Waals surface area contributed by atoms with Crippen LogP contribution in [0.3, 0.4) is 0 Å². The van der Waals surface area contributed by atoms with Crippen LogP contribution in [0.1, 0.15) is 66.2 Å². The summed E-state index contributed by atoms with van der Waals surface area (Å²) in [5.41, 5.74) is 1.41. The van der Waals surface area contributed by atoms with E-state index in [1.54, 1.807) is 0 Å². The molecule has 1 aliphatic carbocycles. The molecule has 0 aliphatic heterocycles. The average molecular weight is 251 g/mol. The minimum atomic E-state index is 0.676. The zero-order chi connectivity index (χ0) is 13.5. The molecule has 0 spiro atoms. The van der Waals surface area contributed by atoms with E-state index in [1.807, 2.05) is 0 Å². The first-order chi connectivity index (χ1) is 8.58. The van der Waals surface area contributed by atoms with Crippen LogP contribution in [0.25, 0.3) is 0 Å². The summed E-state index contributed by atoms with van der Waals surface area (Å²) in [6.07, 6.45) is 8.01. The molecular formula is C17H33N. The van der Waals surface area contributed by atoms with Crippen molar-refractivity contribution in [3.63, 3.8) is 0 Å².